The summed E-state index contributed by atoms with van der Waals surface area (Å²) in [6, 6.07) is 16.3. The molecule has 0 unspecified atom stereocenters. The van der Waals surface area contributed by atoms with Crippen molar-refractivity contribution in [3.8, 4) is 0 Å². The van der Waals surface area contributed by atoms with E-state index in [1.54, 1.807) is 6.20 Å². The summed E-state index contributed by atoms with van der Waals surface area (Å²) in [5.41, 5.74) is 6.50. The third-order valence-corrected chi connectivity index (χ3v) is 3.73. The molecule has 0 fully saturated rings. The third-order valence-electron chi connectivity index (χ3n) is 3.23. The maximum atomic E-state index is 5.50. The van der Waals surface area contributed by atoms with Gasteiger partial charge in [0.1, 0.15) is 4.64 Å². The molecule has 2 heterocycles. The Balaban J connectivity index is 2.02. The summed E-state index contributed by atoms with van der Waals surface area (Å²) >= 11 is 5.50. The third kappa shape index (κ3) is 2.42. The lowest BCUT2D eigenvalue weighted by Gasteiger charge is -2.14. The molecule has 0 radical (unpaired) electrons. The van der Waals surface area contributed by atoms with Gasteiger partial charge in [0, 0.05) is 11.6 Å². The SMILES string of the molecule is Cc1cc2cccnc2n(NCc2ccccc2)c1=S. The Morgan fingerprint density at radius 2 is 1.95 bits per heavy atom. The second kappa shape index (κ2) is 5.43. The van der Waals surface area contributed by atoms with E-state index in [2.05, 4.69) is 28.6 Å². The fourth-order valence-electron chi connectivity index (χ4n) is 2.19. The van der Waals surface area contributed by atoms with Gasteiger partial charge in [0.15, 0.2) is 5.65 Å². The number of aromatic nitrogens is 2. The number of pyridine rings is 2. The topological polar surface area (TPSA) is 29.9 Å². The van der Waals surface area contributed by atoms with Gasteiger partial charge >= 0.3 is 0 Å². The minimum atomic E-state index is 0.713. The van der Waals surface area contributed by atoms with Crippen molar-refractivity contribution in [2.45, 2.75) is 13.5 Å². The molecule has 0 spiro atoms. The van der Waals surface area contributed by atoms with Crippen LogP contribution in [0.25, 0.3) is 11.0 Å². The summed E-state index contributed by atoms with van der Waals surface area (Å²) < 4.78 is 2.67. The summed E-state index contributed by atoms with van der Waals surface area (Å²) in [6.45, 7) is 2.74. The van der Waals surface area contributed by atoms with Crippen LogP contribution in [-0.2, 0) is 6.54 Å². The molecule has 3 nitrogen and oxygen atoms in total. The van der Waals surface area contributed by atoms with Crippen LogP contribution in [0.15, 0.2) is 54.7 Å². The molecule has 100 valence electrons. The van der Waals surface area contributed by atoms with Gasteiger partial charge < -0.3 is 5.43 Å². The first-order chi connectivity index (χ1) is 9.75. The zero-order valence-corrected chi connectivity index (χ0v) is 12.0. The van der Waals surface area contributed by atoms with E-state index in [0.29, 0.717) is 6.54 Å². The molecule has 1 aromatic carbocycles. The van der Waals surface area contributed by atoms with E-state index in [9.17, 15) is 0 Å². The summed E-state index contributed by atoms with van der Waals surface area (Å²) in [7, 11) is 0. The van der Waals surface area contributed by atoms with Gasteiger partial charge in [0.25, 0.3) is 0 Å². The van der Waals surface area contributed by atoms with Crippen LogP contribution in [0, 0.1) is 11.6 Å². The summed E-state index contributed by atoms with van der Waals surface area (Å²) in [5, 5.41) is 1.08. The van der Waals surface area contributed by atoms with Crippen LogP contribution >= 0.6 is 12.2 Å². The number of aryl methyl sites for hydroxylation is 1. The normalized spacial score (nSPS) is 10.7. The smallest absolute Gasteiger partial charge is 0.159 e. The number of rotatable bonds is 3. The molecule has 0 atom stereocenters. The van der Waals surface area contributed by atoms with E-state index in [1.165, 1.54) is 5.56 Å². The molecule has 4 heteroatoms. The molecule has 0 aliphatic carbocycles. The lowest BCUT2D eigenvalue weighted by atomic mass is 10.2. The summed E-state index contributed by atoms with van der Waals surface area (Å²) in [6.07, 6.45) is 1.78. The van der Waals surface area contributed by atoms with Crippen LogP contribution < -0.4 is 5.43 Å². The van der Waals surface area contributed by atoms with Crippen LogP contribution in [0.2, 0.25) is 0 Å². The number of nitrogens with zero attached hydrogens (tertiary/aromatic N) is 2. The Morgan fingerprint density at radius 3 is 2.75 bits per heavy atom. The Labute approximate surface area is 122 Å². The Kier molecular flexibility index (Phi) is 3.48. The maximum Gasteiger partial charge on any atom is 0.159 e. The van der Waals surface area contributed by atoms with Crippen molar-refractivity contribution in [1.82, 2.24) is 9.66 Å². The lowest BCUT2D eigenvalue weighted by molar-refractivity contribution is 0.836. The van der Waals surface area contributed by atoms with Crippen LogP contribution in [-0.4, -0.2) is 9.66 Å². The van der Waals surface area contributed by atoms with E-state index >= 15 is 0 Å². The average Bonchev–Trinajstić information content (AvgIpc) is 2.49. The molecule has 0 bridgehead atoms. The molecule has 0 aliphatic heterocycles. The highest BCUT2D eigenvalue weighted by Crippen LogP contribution is 2.14. The molecule has 3 aromatic rings. The van der Waals surface area contributed by atoms with Gasteiger partial charge in [-0.1, -0.05) is 42.5 Å². The predicted octanol–water partition coefficient (Wildman–Crippen LogP) is 3.82. The fourth-order valence-corrected chi connectivity index (χ4v) is 2.40. The molecule has 0 saturated carbocycles. The highest BCUT2D eigenvalue weighted by atomic mass is 32.1. The highest BCUT2D eigenvalue weighted by molar-refractivity contribution is 7.71. The zero-order chi connectivity index (χ0) is 13.9. The van der Waals surface area contributed by atoms with Crippen molar-refractivity contribution in [3.63, 3.8) is 0 Å². The van der Waals surface area contributed by atoms with E-state index < -0.39 is 0 Å². The van der Waals surface area contributed by atoms with Gasteiger partial charge in [-0.3, -0.25) is 0 Å². The average molecular weight is 281 g/mol. The van der Waals surface area contributed by atoms with Crippen molar-refractivity contribution in [1.29, 1.82) is 0 Å². The van der Waals surface area contributed by atoms with Crippen molar-refractivity contribution in [2.75, 3.05) is 5.43 Å². The van der Waals surface area contributed by atoms with Crippen LogP contribution in [0.3, 0.4) is 0 Å². The second-order valence-electron chi connectivity index (χ2n) is 4.70. The van der Waals surface area contributed by atoms with Crippen LogP contribution in [0.4, 0.5) is 0 Å². The van der Waals surface area contributed by atoms with Crippen LogP contribution in [0.5, 0.6) is 0 Å². The number of nitrogens with one attached hydrogen (secondary N) is 1. The standard InChI is InChI=1S/C16H15N3S/c1-12-10-14-8-5-9-17-15(14)19(16(12)20)18-11-13-6-3-2-4-7-13/h2-10,18H,11H2,1H3. The zero-order valence-electron chi connectivity index (χ0n) is 11.2. The molecule has 20 heavy (non-hydrogen) atoms. The van der Waals surface area contributed by atoms with Crippen molar-refractivity contribution < 1.29 is 0 Å². The molecule has 0 amide bonds. The molecule has 2 aromatic heterocycles. The minimum Gasteiger partial charge on any atom is -0.319 e. The minimum absolute atomic E-state index is 0.713. The Hall–Kier alpha value is -2.20. The van der Waals surface area contributed by atoms with E-state index in [4.69, 9.17) is 12.2 Å². The molecular weight excluding hydrogens is 266 g/mol. The quantitative estimate of drug-likeness (QED) is 0.740. The Bertz CT molecular complexity index is 794. The number of hydrogen-bond donors (Lipinski definition) is 1. The number of benzene rings is 1. The molecule has 3 rings (SSSR count). The molecule has 0 aliphatic rings. The summed E-state index contributed by atoms with van der Waals surface area (Å²) in [4.78, 5) is 4.43. The van der Waals surface area contributed by atoms with Gasteiger partial charge in [-0.05, 0) is 36.2 Å². The second-order valence-corrected chi connectivity index (χ2v) is 5.09. The van der Waals surface area contributed by atoms with Crippen LogP contribution in [0.1, 0.15) is 11.1 Å². The van der Waals surface area contributed by atoms with Crippen molar-refractivity contribution in [3.05, 3.63) is 70.5 Å². The first-order valence-electron chi connectivity index (χ1n) is 6.51. The molecule has 1 N–H and O–H groups in total. The van der Waals surface area contributed by atoms with Gasteiger partial charge in [-0.25, -0.2) is 9.66 Å². The maximum absolute atomic E-state index is 5.50. The van der Waals surface area contributed by atoms with E-state index in [1.807, 2.05) is 41.9 Å². The largest absolute Gasteiger partial charge is 0.319 e. The van der Waals surface area contributed by atoms with E-state index in [0.717, 1.165) is 21.2 Å². The van der Waals surface area contributed by atoms with E-state index in [-0.39, 0.29) is 0 Å². The lowest BCUT2D eigenvalue weighted by Crippen LogP contribution is -2.17. The number of fused-ring (bicyclic) bond motifs is 1. The first-order valence-corrected chi connectivity index (χ1v) is 6.92. The van der Waals surface area contributed by atoms with Gasteiger partial charge in [-0.2, -0.15) is 0 Å². The fraction of sp³-hybridized carbons (Fsp3) is 0.125. The molecule has 0 saturated heterocycles. The molecular formula is C16H15N3S. The summed E-state index contributed by atoms with van der Waals surface area (Å²) in [5.74, 6) is 0. The van der Waals surface area contributed by atoms with Gasteiger partial charge in [0.2, 0.25) is 0 Å². The van der Waals surface area contributed by atoms with Gasteiger partial charge in [0.05, 0.1) is 6.54 Å². The first kappa shape index (κ1) is 12.8. The van der Waals surface area contributed by atoms with Crippen molar-refractivity contribution in [2.24, 2.45) is 0 Å². The Morgan fingerprint density at radius 1 is 1.15 bits per heavy atom. The number of hydrogen-bond acceptors (Lipinski definition) is 3. The van der Waals surface area contributed by atoms with Gasteiger partial charge in [-0.15, -0.1) is 0 Å². The monoisotopic (exact) mass is 281 g/mol. The predicted molar refractivity (Wildman–Crippen MR) is 84.8 cm³/mol. The highest BCUT2D eigenvalue weighted by Gasteiger charge is 2.04. The van der Waals surface area contributed by atoms with Crippen molar-refractivity contribution >= 4 is 23.3 Å².